The van der Waals surface area contributed by atoms with Crippen LogP contribution in [0.4, 0.5) is 4.79 Å². The zero-order valence-corrected chi connectivity index (χ0v) is 22.5. The molecule has 3 atom stereocenters. The summed E-state index contributed by atoms with van der Waals surface area (Å²) in [5.41, 5.74) is 2.55. The average Bonchev–Trinajstić information content (AvgIpc) is 3.10. The Morgan fingerprint density at radius 3 is 2.62 bits per heavy atom. The standard InChI is InChI=1S/C24H34BrNO5Si/c1-24(2,3)32(5,6)31-20-11-10-15-16(12-13-26-18(15)14-29-23(26)27)21(20)30-22-17(25)8-7-9-19(22)28-4/h7-9,18,20-21H,10-14H2,1-6H3/t18-,20-,21-/m0/s1. The maximum absolute atomic E-state index is 12.2. The first-order valence-electron chi connectivity index (χ1n) is 11.4. The van der Waals surface area contributed by atoms with Gasteiger partial charge in [0.1, 0.15) is 12.7 Å². The largest absolute Gasteiger partial charge is 0.493 e. The zero-order chi connectivity index (χ0) is 23.3. The summed E-state index contributed by atoms with van der Waals surface area (Å²) in [6, 6.07) is 5.83. The van der Waals surface area contributed by atoms with E-state index >= 15 is 0 Å². The van der Waals surface area contributed by atoms with Gasteiger partial charge in [-0.3, -0.25) is 4.90 Å². The van der Waals surface area contributed by atoms with Gasteiger partial charge in [-0.2, -0.15) is 0 Å². The predicted octanol–water partition coefficient (Wildman–Crippen LogP) is 5.91. The fraction of sp³-hybridized carbons (Fsp3) is 0.625. The Kier molecular flexibility index (Phi) is 6.42. The van der Waals surface area contributed by atoms with E-state index in [2.05, 4.69) is 49.8 Å². The molecule has 0 unspecified atom stereocenters. The van der Waals surface area contributed by atoms with Gasteiger partial charge in [0.25, 0.3) is 0 Å². The SMILES string of the molecule is COc1cccc(Br)c1O[C@H]1C2=C(CC[C@@H]1O[Si](C)(C)C(C)(C)C)[C@@H]1COC(=O)N1CC2. The molecule has 1 saturated heterocycles. The van der Waals surface area contributed by atoms with Crippen LogP contribution in [0.3, 0.4) is 0 Å². The molecule has 0 spiro atoms. The van der Waals surface area contributed by atoms with E-state index in [-0.39, 0.29) is 29.4 Å². The molecule has 0 bridgehead atoms. The van der Waals surface area contributed by atoms with Gasteiger partial charge in [0.15, 0.2) is 19.8 Å². The van der Waals surface area contributed by atoms with E-state index in [1.165, 1.54) is 11.1 Å². The van der Waals surface area contributed by atoms with Gasteiger partial charge in [-0.1, -0.05) is 26.8 Å². The van der Waals surface area contributed by atoms with Crippen LogP contribution in [-0.4, -0.2) is 57.8 Å². The van der Waals surface area contributed by atoms with Gasteiger partial charge in [0, 0.05) is 6.54 Å². The molecule has 0 N–H and O–H groups in total. The smallest absolute Gasteiger partial charge is 0.410 e. The summed E-state index contributed by atoms with van der Waals surface area (Å²) in [5, 5.41) is 0.103. The summed E-state index contributed by atoms with van der Waals surface area (Å²) in [5.74, 6) is 1.38. The number of halogens is 1. The summed E-state index contributed by atoms with van der Waals surface area (Å²) in [6.07, 6.45) is 2.07. The normalized spacial score (nSPS) is 25.9. The zero-order valence-electron chi connectivity index (χ0n) is 19.9. The first-order chi connectivity index (χ1) is 15.0. The van der Waals surface area contributed by atoms with Gasteiger partial charge in [-0.15, -0.1) is 0 Å². The summed E-state index contributed by atoms with van der Waals surface area (Å²) >= 11 is 3.64. The molecule has 8 heteroatoms. The topological polar surface area (TPSA) is 57.2 Å². The van der Waals surface area contributed by atoms with Gasteiger partial charge >= 0.3 is 6.09 Å². The molecule has 2 aliphatic heterocycles. The van der Waals surface area contributed by atoms with Gasteiger partial charge in [-0.05, 0) is 76.6 Å². The quantitative estimate of drug-likeness (QED) is 0.354. The van der Waals surface area contributed by atoms with Crippen molar-refractivity contribution in [2.75, 3.05) is 20.3 Å². The number of amides is 1. The maximum Gasteiger partial charge on any atom is 0.410 e. The summed E-state index contributed by atoms with van der Waals surface area (Å²) in [6.45, 7) is 12.5. The molecule has 2 heterocycles. The molecule has 4 rings (SSSR count). The number of carbonyl (C=O) groups excluding carboxylic acids is 1. The minimum absolute atomic E-state index is 0.0206. The first-order valence-corrected chi connectivity index (χ1v) is 15.1. The van der Waals surface area contributed by atoms with E-state index in [0.29, 0.717) is 24.7 Å². The molecule has 1 aromatic rings. The second-order valence-electron chi connectivity index (χ2n) is 10.4. The van der Waals surface area contributed by atoms with Crippen molar-refractivity contribution in [3.63, 3.8) is 0 Å². The minimum atomic E-state index is -2.02. The summed E-state index contributed by atoms with van der Waals surface area (Å²) in [7, 11) is -0.359. The molecule has 0 radical (unpaired) electrons. The fourth-order valence-electron chi connectivity index (χ4n) is 4.64. The summed E-state index contributed by atoms with van der Waals surface area (Å²) in [4.78, 5) is 14.0. The molecular formula is C24H34BrNO5Si. The third-order valence-corrected chi connectivity index (χ3v) is 12.6. The van der Waals surface area contributed by atoms with Crippen molar-refractivity contribution < 1.29 is 23.4 Å². The Labute approximate surface area is 200 Å². The number of ether oxygens (including phenoxy) is 3. The number of fused-ring (bicyclic) bond motifs is 2. The average molecular weight is 525 g/mol. The van der Waals surface area contributed by atoms with Crippen LogP contribution < -0.4 is 9.47 Å². The van der Waals surface area contributed by atoms with E-state index < -0.39 is 8.32 Å². The number of benzene rings is 1. The predicted molar refractivity (Wildman–Crippen MR) is 130 cm³/mol. The molecule has 32 heavy (non-hydrogen) atoms. The molecule has 1 amide bonds. The molecule has 0 aromatic heterocycles. The number of rotatable bonds is 5. The van der Waals surface area contributed by atoms with Crippen molar-refractivity contribution in [3.05, 3.63) is 33.8 Å². The monoisotopic (exact) mass is 523 g/mol. The molecule has 6 nitrogen and oxygen atoms in total. The molecule has 1 aliphatic carbocycles. The highest BCUT2D eigenvalue weighted by molar-refractivity contribution is 9.10. The number of methoxy groups -OCH3 is 1. The Hall–Kier alpha value is -1.51. The van der Waals surface area contributed by atoms with E-state index in [1.807, 2.05) is 23.1 Å². The first kappa shape index (κ1) is 23.6. The highest BCUT2D eigenvalue weighted by Gasteiger charge is 2.48. The van der Waals surface area contributed by atoms with Crippen molar-refractivity contribution in [2.24, 2.45) is 0 Å². The maximum atomic E-state index is 12.2. The second kappa shape index (κ2) is 8.69. The molecular weight excluding hydrogens is 490 g/mol. The molecule has 176 valence electrons. The van der Waals surface area contributed by atoms with E-state index in [9.17, 15) is 4.79 Å². The van der Waals surface area contributed by atoms with Crippen molar-refractivity contribution in [2.45, 2.75) is 76.4 Å². The fourth-order valence-corrected chi connectivity index (χ4v) is 6.43. The highest BCUT2D eigenvalue weighted by atomic mass is 79.9. The summed E-state index contributed by atoms with van der Waals surface area (Å²) < 4.78 is 25.5. The van der Waals surface area contributed by atoms with E-state index in [1.54, 1.807) is 7.11 Å². The van der Waals surface area contributed by atoms with Crippen molar-refractivity contribution >= 4 is 30.3 Å². The van der Waals surface area contributed by atoms with Gasteiger partial charge in [0.05, 0.1) is 23.7 Å². The lowest BCUT2D eigenvalue weighted by Crippen LogP contribution is -2.52. The molecule has 1 aromatic carbocycles. The van der Waals surface area contributed by atoms with Gasteiger partial charge in [-0.25, -0.2) is 4.79 Å². The number of hydrogen-bond acceptors (Lipinski definition) is 5. The van der Waals surface area contributed by atoms with E-state index in [0.717, 1.165) is 23.7 Å². The van der Waals surface area contributed by atoms with Crippen LogP contribution in [0.25, 0.3) is 0 Å². The Balaban J connectivity index is 1.73. The van der Waals surface area contributed by atoms with Crippen molar-refractivity contribution in [1.29, 1.82) is 0 Å². The number of cyclic esters (lactones) is 1. The van der Waals surface area contributed by atoms with Crippen LogP contribution in [-0.2, 0) is 9.16 Å². The lowest BCUT2D eigenvalue weighted by molar-refractivity contribution is 0.0427. The number of para-hydroxylation sites is 1. The third-order valence-electron chi connectivity index (χ3n) is 7.44. The van der Waals surface area contributed by atoms with Crippen molar-refractivity contribution in [3.8, 4) is 11.5 Å². The van der Waals surface area contributed by atoms with Crippen LogP contribution >= 0.6 is 15.9 Å². The third kappa shape index (κ3) is 4.21. The van der Waals surface area contributed by atoms with Gasteiger partial charge < -0.3 is 18.6 Å². The van der Waals surface area contributed by atoms with Crippen LogP contribution in [0.15, 0.2) is 33.8 Å². The molecule has 3 aliphatic rings. The highest BCUT2D eigenvalue weighted by Crippen LogP contribution is 2.45. The van der Waals surface area contributed by atoms with Crippen LogP contribution in [0.2, 0.25) is 18.1 Å². The number of nitrogens with zero attached hydrogens (tertiary/aromatic N) is 1. The van der Waals surface area contributed by atoms with E-state index in [4.69, 9.17) is 18.6 Å². The van der Waals surface area contributed by atoms with Crippen LogP contribution in [0.1, 0.15) is 40.0 Å². The Morgan fingerprint density at radius 2 is 1.94 bits per heavy atom. The molecule has 1 fully saturated rings. The molecule has 0 saturated carbocycles. The Morgan fingerprint density at radius 1 is 1.19 bits per heavy atom. The Bertz CT molecular complexity index is 925. The second-order valence-corrected chi connectivity index (χ2v) is 16.0. The minimum Gasteiger partial charge on any atom is -0.493 e. The number of hydrogen-bond donors (Lipinski definition) is 0. The van der Waals surface area contributed by atoms with Crippen LogP contribution in [0.5, 0.6) is 11.5 Å². The van der Waals surface area contributed by atoms with Gasteiger partial charge in [0.2, 0.25) is 0 Å². The lowest BCUT2D eigenvalue weighted by Gasteiger charge is -2.46. The van der Waals surface area contributed by atoms with Crippen LogP contribution in [0, 0.1) is 0 Å². The number of carbonyl (C=O) groups is 1. The lowest BCUT2D eigenvalue weighted by atomic mass is 9.80. The van der Waals surface area contributed by atoms with Crippen molar-refractivity contribution in [1.82, 2.24) is 4.90 Å².